The number of primary amides is 1. The van der Waals surface area contributed by atoms with Gasteiger partial charge in [0.2, 0.25) is 5.91 Å². The molecular formula is C19H19ClFN5O2. The summed E-state index contributed by atoms with van der Waals surface area (Å²) in [6.07, 6.45) is 3.78. The summed E-state index contributed by atoms with van der Waals surface area (Å²) in [5, 5.41) is 0.332. The van der Waals surface area contributed by atoms with Crippen LogP contribution in [-0.2, 0) is 4.79 Å². The first-order valence-electron chi connectivity index (χ1n) is 9.03. The van der Waals surface area contributed by atoms with Gasteiger partial charge >= 0.3 is 6.03 Å². The molecule has 3 amide bonds. The predicted molar refractivity (Wildman–Crippen MR) is 101 cm³/mol. The maximum absolute atomic E-state index is 14.0. The number of hydrogen-bond acceptors (Lipinski definition) is 4. The van der Waals surface area contributed by atoms with Crippen LogP contribution in [-0.4, -0.2) is 57.9 Å². The molecule has 1 aromatic carbocycles. The molecule has 1 aromatic heterocycles. The molecule has 2 aromatic rings. The predicted octanol–water partition coefficient (Wildman–Crippen LogP) is 2.26. The SMILES string of the molecule is NC(=O)[C@H]1CCN(C(=O)N2CC(c3ncc(-c4ccc(Cl)cc4F)cn3)C2)C1. The van der Waals surface area contributed by atoms with Gasteiger partial charge in [-0.25, -0.2) is 19.2 Å². The molecule has 28 heavy (non-hydrogen) atoms. The van der Waals surface area contributed by atoms with Crippen molar-refractivity contribution in [1.82, 2.24) is 19.8 Å². The largest absolute Gasteiger partial charge is 0.369 e. The number of urea groups is 1. The fourth-order valence-corrected chi connectivity index (χ4v) is 3.73. The first-order chi connectivity index (χ1) is 13.4. The van der Waals surface area contributed by atoms with Crippen molar-refractivity contribution < 1.29 is 14.0 Å². The number of hydrogen-bond donors (Lipinski definition) is 1. The van der Waals surface area contributed by atoms with Crippen molar-refractivity contribution in [1.29, 1.82) is 0 Å². The van der Waals surface area contributed by atoms with E-state index in [4.69, 9.17) is 17.3 Å². The Hall–Kier alpha value is -2.74. The Bertz CT molecular complexity index is 917. The van der Waals surface area contributed by atoms with Crippen molar-refractivity contribution in [2.45, 2.75) is 12.3 Å². The van der Waals surface area contributed by atoms with Gasteiger partial charge in [0.05, 0.1) is 11.8 Å². The summed E-state index contributed by atoms with van der Waals surface area (Å²) in [7, 11) is 0. The lowest BCUT2D eigenvalue weighted by atomic mass is 9.99. The summed E-state index contributed by atoms with van der Waals surface area (Å²) in [6, 6.07) is 4.38. The summed E-state index contributed by atoms with van der Waals surface area (Å²) in [5.74, 6) is -0.377. The van der Waals surface area contributed by atoms with Crippen LogP contribution in [0.4, 0.5) is 9.18 Å². The molecule has 7 nitrogen and oxygen atoms in total. The highest BCUT2D eigenvalue weighted by atomic mass is 35.5. The molecule has 3 heterocycles. The number of amides is 3. The average Bonchev–Trinajstić information content (AvgIpc) is 3.12. The normalized spacial score (nSPS) is 19.6. The first-order valence-corrected chi connectivity index (χ1v) is 9.40. The summed E-state index contributed by atoms with van der Waals surface area (Å²) in [5.41, 5.74) is 6.27. The topological polar surface area (TPSA) is 92.4 Å². The standard InChI is InChI=1S/C19H19ClFN5O2/c20-14-1-2-15(16(21)5-14)12-6-23-18(24-7-12)13-9-26(10-13)19(28)25-4-3-11(8-25)17(22)27/h1-2,5-7,11,13H,3-4,8-10H2,(H2,22,27)/t11-/m0/s1. The Balaban J connectivity index is 1.36. The van der Waals surface area contributed by atoms with Crippen molar-refractivity contribution in [3.05, 3.63) is 47.3 Å². The van der Waals surface area contributed by atoms with Gasteiger partial charge in [-0.1, -0.05) is 11.6 Å². The second kappa shape index (κ2) is 7.35. The number of rotatable bonds is 3. The zero-order valence-electron chi connectivity index (χ0n) is 15.0. The van der Waals surface area contributed by atoms with Crippen LogP contribution in [0.15, 0.2) is 30.6 Å². The highest BCUT2D eigenvalue weighted by Gasteiger charge is 2.38. The molecule has 0 saturated carbocycles. The monoisotopic (exact) mass is 403 g/mol. The fraction of sp³-hybridized carbons (Fsp3) is 0.368. The van der Waals surface area contributed by atoms with E-state index in [2.05, 4.69) is 9.97 Å². The summed E-state index contributed by atoms with van der Waals surface area (Å²) >= 11 is 5.78. The maximum atomic E-state index is 14.0. The number of likely N-dealkylation sites (tertiary alicyclic amines) is 2. The number of carbonyl (C=O) groups is 2. The number of halogens is 2. The van der Waals surface area contributed by atoms with E-state index in [-0.39, 0.29) is 23.8 Å². The highest BCUT2D eigenvalue weighted by Crippen LogP contribution is 2.29. The fourth-order valence-electron chi connectivity index (χ4n) is 3.58. The second-order valence-corrected chi connectivity index (χ2v) is 7.61. The van der Waals surface area contributed by atoms with Crippen LogP contribution in [0, 0.1) is 11.7 Å². The van der Waals surface area contributed by atoms with E-state index in [0.29, 0.717) is 54.6 Å². The van der Waals surface area contributed by atoms with Crippen molar-refractivity contribution >= 4 is 23.5 Å². The molecular weight excluding hydrogens is 385 g/mol. The third-order valence-corrected chi connectivity index (χ3v) is 5.53. The Morgan fingerprint density at radius 3 is 2.46 bits per heavy atom. The number of aromatic nitrogens is 2. The van der Waals surface area contributed by atoms with Gasteiger partial charge in [-0.2, -0.15) is 0 Å². The Morgan fingerprint density at radius 2 is 1.86 bits per heavy atom. The van der Waals surface area contributed by atoms with E-state index in [0.717, 1.165) is 0 Å². The van der Waals surface area contributed by atoms with Gasteiger partial charge in [-0.3, -0.25) is 4.79 Å². The zero-order chi connectivity index (χ0) is 19.8. The first kappa shape index (κ1) is 18.6. The molecule has 0 aliphatic carbocycles. The van der Waals surface area contributed by atoms with Gasteiger partial charge in [-0.15, -0.1) is 0 Å². The minimum Gasteiger partial charge on any atom is -0.369 e. The molecule has 0 bridgehead atoms. The second-order valence-electron chi connectivity index (χ2n) is 7.17. The number of nitrogens with two attached hydrogens (primary N) is 1. The van der Waals surface area contributed by atoms with Crippen molar-refractivity contribution in [2.75, 3.05) is 26.2 Å². The summed E-state index contributed by atoms with van der Waals surface area (Å²) in [4.78, 5) is 35.8. The minimum absolute atomic E-state index is 0.0441. The van der Waals surface area contributed by atoms with Crippen molar-refractivity contribution in [3.63, 3.8) is 0 Å². The minimum atomic E-state index is -0.427. The molecule has 0 spiro atoms. The van der Waals surface area contributed by atoms with Crippen LogP contribution in [0.25, 0.3) is 11.1 Å². The molecule has 2 N–H and O–H groups in total. The van der Waals surface area contributed by atoms with E-state index in [1.165, 1.54) is 6.07 Å². The highest BCUT2D eigenvalue weighted by molar-refractivity contribution is 6.30. The molecule has 0 radical (unpaired) electrons. The van der Waals surface area contributed by atoms with Gasteiger partial charge in [0.15, 0.2) is 0 Å². The third kappa shape index (κ3) is 3.52. The lowest BCUT2D eigenvalue weighted by Crippen LogP contribution is -2.53. The quantitative estimate of drug-likeness (QED) is 0.850. The Labute approximate surface area is 166 Å². The van der Waals surface area contributed by atoms with Crippen LogP contribution in [0.1, 0.15) is 18.2 Å². The molecule has 2 fully saturated rings. The van der Waals surface area contributed by atoms with Crippen LogP contribution < -0.4 is 5.73 Å². The van der Waals surface area contributed by atoms with E-state index in [9.17, 15) is 14.0 Å². The van der Waals surface area contributed by atoms with Gasteiger partial charge in [0.1, 0.15) is 11.6 Å². The number of carbonyl (C=O) groups excluding carboxylic acids is 2. The van der Waals surface area contributed by atoms with E-state index < -0.39 is 5.82 Å². The van der Waals surface area contributed by atoms with E-state index in [1.807, 2.05) is 0 Å². The van der Waals surface area contributed by atoms with Gasteiger partial charge < -0.3 is 15.5 Å². The molecule has 9 heteroatoms. The zero-order valence-corrected chi connectivity index (χ0v) is 15.8. The Morgan fingerprint density at radius 1 is 1.14 bits per heavy atom. The smallest absolute Gasteiger partial charge is 0.320 e. The third-order valence-electron chi connectivity index (χ3n) is 5.29. The molecule has 2 aliphatic heterocycles. The number of nitrogens with zero attached hydrogens (tertiary/aromatic N) is 4. The molecule has 1 atom stereocenters. The van der Waals surface area contributed by atoms with Crippen LogP contribution in [0.3, 0.4) is 0 Å². The summed E-state index contributed by atoms with van der Waals surface area (Å²) < 4.78 is 14.0. The van der Waals surface area contributed by atoms with Crippen LogP contribution in [0.5, 0.6) is 0 Å². The molecule has 2 aliphatic rings. The molecule has 0 unspecified atom stereocenters. The van der Waals surface area contributed by atoms with E-state index in [1.54, 1.807) is 34.3 Å². The van der Waals surface area contributed by atoms with Crippen LogP contribution in [0.2, 0.25) is 5.02 Å². The molecule has 2 saturated heterocycles. The van der Waals surface area contributed by atoms with Gasteiger partial charge in [0, 0.05) is 54.7 Å². The summed E-state index contributed by atoms with van der Waals surface area (Å²) in [6.45, 7) is 1.97. The lowest BCUT2D eigenvalue weighted by Gasteiger charge is -2.40. The van der Waals surface area contributed by atoms with Gasteiger partial charge in [-0.05, 0) is 24.6 Å². The van der Waals surface area contributed by atoms with Gasteiger partial charge in [0.25, 0.3) is 0 Å². The molecule has 146 valence electrons. The Kier molecular flexibility index (Phi) is 4.89. The molecule has 4 rings (SSSR count). The number of benzene rings is 1. The maximum Gasteiger partial charge on any atom is 0.320 e. The van der Waals surface area contributed by atoms with Crippen LogP contribution >= 0.6 is 11.6 Å². The van der Waals surface area contributed by atoms with E-state index >= 15 is 0 Å². The van der Waals surface area contributed by atoms with Crippen molar-refractivity contribution in [2.24, 2.45) is 11.7 Å². The average molecular weight is 404 g/mol. The van der Waals surface area contributed by atoms with Crippen molar-refractivity contribution in [3.8, 4) is 11.1 Å². The lowest BCUT2D eigenvalue weighted by molar-refractivity contribution is -0.121.